The van der Waals surface area contributed by atoms with Crippen molar-refractivity contribution in [2.24, 2.45) is 4.99 Å². The molecule has 4 nitrogen and oxygen atoms in total. The summed E-state index contributed by atoms with van der Waals surface area (Å²) < 4.78 is 5.14. The third kappa shape index (κ3) is 3.95. The first-order valence-corrected chi connectivity index (χ1v) is 6.53. The van der Waals surface area contributed by atoms with Crippen molar-refractivity contribution in [1.29, 1.82) is 0 Å². The van der Waals surface area contributed by atoms with Crippen LogP contribution in [0.1, 0.15) is 18.4 Å². The summed E-state index contributed by atoms with van der Waals surface area (Å²) in [4.78, 5) is 4.37. The molecule has 0 aliphatic carbocycles. The predicted octanol–water partition coefficient (Wildman–Crippen LogP) is 1.57. The second kappa shape index (κ2) is 6.89. The van der Waals surface area contributed by atoms with Gasteiger partial charge in [0.05, 0.1) is 7.11 Å². The largest absolute Gasteiger partial charge is 0.497 e. The maximum atomic E-state index is 5.14. The standard InChI is InChI=1S/C14H21N3O/c1-18-13-7-5-12(6-8-13)4-2-9-15-14-16-10-3-11-17-14/h5-8H,2-4,9-11H2,1H3,(H2,15,16,17). The molecule has 0 atom stereocenters. The third-order valence-electron chi connectivity index (χ3n) is 2.99. The summed E-state index contributed by atoms with van der Waals surface area (Å²) in [5.74, 6) is 1.87. The van der Waals surface area contributed by atoms with E-state index in [-0.39, 0.29) is 0 Å². The number of aryl methyl sites for hydroxylation is 1. The Hall–Kier alpha value is -1.71. The van der Waals surface area contributed by atoms with Crippen LogP contribution in [0.2, 0.25) is 0 Å². The van der Waals surface area contributed by atoms with Crippen LogP contribution in [0.4, 0.5) is 0 Å². The van der Waals surface area contributed by atoms with Crippen LogP contribution in [-0.2, 0) is 6.42 Å². The maximum Gasteiger partial charge on any atom is 0.191 e. The smallest absolute Gasteiger partial charge is 0.191 e. The van der Waals surface area contributed by atoms with E-state index in [9.17, 15) is 0 Å². The first-order chi connectivity index (χ1) is 8.88. The number of nitrogens with zero attached hydrogens (tertiary/aromatic N) is 1. The summed E-state index contributed by atoms with van der Waals surface area (Å²) in [7, 11) is 1.69. The van der Waals surface area contributed by atoms with Gasteiger partial charge in [-0.05, 0) is 37.0 Å². The van der Waals surface area contributed by atoms with Gasteiger partial charge in [-0.2, -0.15) is 0 Å². The summed E-state index contributed by atoms with van der Waals surface area (Å²) >= 11 is 0. The summed E-state index contributed by atoms with van der Waals surface area (Å²) in [5.41, 5.74) is 1.34. The zero-order valence-electron chi connectivity index (χ0n) is 10.9. The first-order valence-electron chi connectivity index (χ1n) is 6.53. The Labute approximate surface area is 108 Å². The predicted molar refractivity (Wildman–Crippen MR) is 74.2 cm³/mol. The molecule has 0 bridgehead atoms. The monoisotopic (exact) mass is 247 g/mol. The van der Waals surface area contributed by atoms with Crippen LogP contribution in [-0.4, -0.2) is 32.7 Å². The van der Waals surface area contributed by atoms with Crippen molar-refractivity contribution in [2.45, 2.75) is 19.3 Å². The van der Waals surface area contributed by atoms with Crippen LogP contribution in [0.25, 0.3) is 0 Å². The molecule has 0 aromatic heterocycles. The van der Waals surface area contributed by atoms with Crippen molar-refractivity contribution in [3.63, 3.8) is 0 Å². The maximum absolute atomic E-state index is 5.14. The Morgan fingerprint density at radius 2 is 2.17 bits per heavy atom. The number of nitrogens with one attached hydrogen (secondary N) is 2. The van der Waals surface area contributed by atoms with Gasteiger partial charge >= 0.3 is 0 Å². The highest BCUT2D eigenvalue weighted by Gasteiger charge is 2.02. The molecular formula is C14H21N3O. The van der Waals surface area contributed by atoms with Crippen molar-refractivity contribution >= 4 is 5.96 Å². The molecule has 1 aromatic rings. The van der Waals surface area contributed by atoms with Gasteiger partial charge in [0, 0.05) is 19.6 Å². The van der Waals surface area contributed by atoms with Gasteiger partial charge in [0.15, 0.2) is 5.96 Å². The van der Waals surface area contributed by atoms with E-state index in [4.69, 9.17) is 4.74 Å². The molecule has 0 saturated carbocycles. The Bertz CT molecular complexity index is 387. The molecule has 0 saturated heterocycles. The second-order valence-corrected chi connectivity index (χ2v) is 4.39. The number of ether oxygens (including phenoxy) is 1. The SMILES string of the molecule is COc1ccc(CCCNC2=NCCCN2)cc1. The van der Waals surface area contributed by atoms with Crippen molar-refractivity contribution in [3.05, 3.63) is 29.8 Å². The highest BCUT2D eigenvalue weighted by atomic mass is 16.5. The Morgan fingerprint density at radius 3 is 2.83 bits per heavy atom. The molecule has 0 unspecified atom stereocenters. The number of benzene rings is 1. The zero-order valence-corrected chi connectivity index (χ0v) is 10.9. The van der Waals surface area contributed by atoms with Gasteiger partial charge in [-0.3, -0.25) is 4.99 Å². The average molecular weight is 247 g/mol. The van der Waals surface area contributed by atoms with E-state index in [0.29, 0.717) is 0 Å². The molecule has 98 valence electrons. The van der Waals surface area contributed by atoms with Crippen molar-refractivity contribution in [3.8, 4) is 5.75 Å². The van der Waals surface area contributed by atoms with Gasteiger partial charge < -0.3 is 15.4 Å². The fraction of sp³-hybridized carbons (Fsp3) is 0.500. The lowest BCUT2D eigenvalue weighted by atomic mass is 10.1. The summed E-state index contributed by atoms with van der Waals surface area (Å²) in [6.45, 7) is 2.93. The van der Waals surface area contributed by atoms with Crippen LogP contribution in [0.3, 0.4) is 0 Å². The zero-order chi connectivity index (χ0) is 12.6. The lowest BCUT2D eigenvalue weighted by Gasteiger charge is -2.15. The normalized spacial score (nSPS) is 14.6. The van der Waals surface area contributed by atoms with E-state index in [2.05, 4.69) is 27.8 Å². The number of aliphatic imine (C=N–C) groups is 1. The molecule has 1 heterocycles. The first kappa shape index (κ1) is 12.7. The molecule has 1 aliphatic heterocycles. The van der Waals surface area contributed by atoms with Crippen LogP contribution in [0, 0.1) is 0 Å². The van der Waals surface area contributed by atoms with E-state index < -0.39 is 0 Å². The number of hydrogen-bond donors (Lipinski definition) is 2. The number of rotatable bonds is 5. The fourth-order valence-corrected chi connectivity index (χ4v) is 1.94. The number of guanidine groups is 1. The number of methoxy groups -OCH3 is 1. The van der Waals surface area contributed by atoms with E-state index in [1.807, 2.05) is 12.1 Å². The van der Waals surface area contributed by atoms with Gasteiger partial charge in [0.1, 0.15) is 5.75 Å². The van der Waals surface area contributed by atoms with Gasteiger partial charge in [0.2, 0.25) is 0 Å². The molecule has 0 fully saturated rings. The van der Waals surface area contributed by atoms with E-state index in [0.717, 1.165) is 50.6 Å². The topological polar surface area (TPSA) is 45.6 Å². The molecule has 0 radical (unpaired) electrons. The highest BCUT2D eigenvalue weighted by Crippen LogP contribution is 2.12. The number of hydrogen-bond acceptors (Lipinski definition) is 4. The molecule has 4 heteroatoms. The van der Waals surface area contributed by atoms with Crippen LogP contribution >= 0.6 is 0 Å². The van der Waals surface area contributed by atoms with Gasteiger partial charge in [-0.15, -0.1) is 0 Å². The van der Waals surface area contributed by atoms with Crippen LogP contribution < -0.4 is 15.4 Å². The van der Waals surface area contributed by atoms with Gasteiger partial charge in [0.25, 0.3) is 0 Å². The van der Waals surface area contributed by atoms with Crippen molar-refractivity contribution in [2.75, 3.05) is 26.7 Å². The molecule has 2 N–H and O–H groups in total. The van der Waals surface area contributed by atoms with Gasteiger partial charge in [-0.25, -0.2) is 0 Å². The van der Waals surface area contributed by atoms with Crippen molar-refractivity contribution < 1.29 is 4.74 Å². The Kier molecular flexibility index (Phi) is 4.88. The quantitative estimate of drug-likeness (QED) is 0.776. The minimum Gasteiger partial charge on any atom is -0.497 e. The minimum atomic E-state index is 0.914. The Balaban J connectivity index is 1.66. The molecule has 1 aromatic carbocycles. The van der Waals surface area contributed by atoms with Crippen LogP contribution in [0.5, 0.6) is 5.75 Å². The van der Waals surface area contributed by atoms with E-state index in [1.54, 1.807) is 7.11 Å². The highest BCUT2D eigenvalue weighted by molar-refractivity contribution is 5.80. The summed E-state index contributed by atoms with van der Waals surface area (Å²) in [5, 5.41) is 6.58. The van der Waals surface area contributed by atoms with E-state index >= 15 is 0 Å². The molecule has 2 rings (SSSR count). The average Bonchev–Trinajstić information content (AvgIpc) is 2.45. The lowest BCUT2D eigenvalue weighted by molar-refractivity contribution is 0.414. The van der Waals surface area contributed by atoms with E-state index in [1.165, 1.54) is 5.56 Å². The summed E-state index contributed by atoms with van der Waals surface area (Å²) in [6, 6.07) is 8.26. The summed E-state index contributed by atoms with van der Waals surface area (Å²) in [6.07, 6.45) is 3.31. The molecule has 0 spiro atoms. The second-order valence-electron chi connectivity index (χ2n) is 4.39. The minimum absolute atomic E-state index is 0.914. The van der Waals surface area contributed by atoms with Crippen LogP contribution in [0.15, 0.2) is 29.3 Å². The lowest BCUT2D eigenvalue weighted by Crippen LogP contribution is -2.41. The third-order valence-corrected chi connectivity index (χ3v) is 2.99. The molecule has 18 heavy (non-hydrogen) atoms. The van der Waals surface area contributed by atoms with Gasteiger partial charge in [-0.1, -0.05) is 12.1 Å². The Morgan fingerprint density at radius 1 is 1.33 bits per heavy atom. The fourth-order valence-electron chi connectivity index (χ4n) is 1.94. The molecule has 0 amide bonds. The molecule has 1 aliphatic rings. The molecular weight excluding hydrogens is 226 g/mol. The van der Waals surface area contributed by atoms with Crippen molar-refractivity contribution in [1.82, 2.24) is 10.6 Å².